The quantitative estimate of drug-likeness (QED) is 0.472. The van der Waals surface area contributed by atoms with Crippen molar-refractivity contribution in [2.45, 2.75) is 0 Å². The Morgan fingerprint density at radius 2 is 3.20 bits per heavy atom. The van der Waals surface area contributed by atoms with Crippen LogP contribution in [0.5, 0.6) is 0 Å². The first-order valence-corrected chi connectivity index (χ1v) is 1.15. The zero-order chi connectivity index (χ0) is 7.02. The molecule has 2 nitrogen and oxygen atoms in total. The van der Waals surface area contributed by atoms with Gasteiger partial charge in [-0.05, 0) is 6.04 Å². The highest BCUT2D eigenvalue weighted by Crippen LogP contribution is 1.64. The van der Waals surface area contributed by atoms with Crippen LogP contribution in [0.3, 0.4) is 0 Å². The zero-order valence-electron chi connectivity index (χ0n) is 6.39. The van der Waals surface area contributed by atoms with Gasteiger partial charge >= 0.3 is 0 Å². The van der Waals surface area contributed by atoms with Crippen LogP contribution < -0.4 is 0 Å². The van der Waals surface area contributed by atoms with E-state index in [1.165, 1.54) is 0 Å². The van der Waals surface area contributed by atoms with Crippen molar-refractivity contribution in [1.29, 1.82) is 0 Å². The Balaban J connectivity index is 3.29. The Morgan fingerprint density at radius 3 is 3.40 bits per heavy atom. The SMILES string of the molecule is [2H]c1nn([2H])c([2H])c1[2H]. The topological polar surface area (TPSA) is 28.7 Å². The molecule has 1 N–H and O–H groups in total. The van der Waals surface area contributed by atoms with Gasteiger partial charge in [-0.1, -0.05) is 0 Å². The van der Waals surface area contributed by atoms with Crippen molar-refractivity contribution < 1.29 is 5.52 Å². The number of nitrogens with one attached hydrogen (secondary N) is 1. The van der Waals surface area contributed by atoms with E-state index in [0.29, 0.717) is 5.09 Å². The van der Waals surface area contributed by atoms with E-state index >= 15 is 0 Å². The van der Waals surface area contributed by atoms with E-state index in [2.05, 4.69) is 5.10 Å². The molecule has 0 aromatic carbocycles. The Kier molecular flexibility index (Phi) is 0.114. The normalized spacial score (nSPS) is 19.2. The summed E-state index contributed by atoms with van der Waals surface area (Å²) in [5.41, 5.74) is 0. The minimum atomic E-state index is -0.347. The molecule has 0 saturated heterocycles. The zero-order valence-corrected chi connectivity index (χ0v) is 2.39. The van der Waals surface area contributed by atoms with Gasteiger partial charge in [-0.25, -0.2) is 0 Å². The largest absolute Gasteiger partial charge is 0.286 e. The Hall–Kier alpha value is -0.790. The van der Waals surface area contributed by atoms with Crippen molar-refractivity contribution in [2.24, 2.45) is 0 Å². The number of nitrogens with zero attached hydrogens (tertiary/aromatic N) is 1. The molecule has 1 aromatic heterocycles. The highest BCUT2D eigenvalue weighted by Gasteiger charge is 1.56. The second-order valence-electron chi connectivity index (χ2n) is 0.549. The number of aromatic amines is 1. The molecule has 0 saturated carbocycles. The molecular weight excluding hydrogens is 64.0 g/mol. The summed E-state index contributed by atoms with van der Waals surface area (Å²) in [6.45, 7) is 0. The van der Waals surface area contributed by atoms with Crippen LogP contribution in [-0.2, 0) is 0 Å². The summed E-state index contributed by atoms with van der Waals surface area (Å²) in [6.07, 6.45) is -0.671. The van der Waals surface area contributed by atoms with Gasteiger partial charge in [-0.3, -0.25) is 5.09 Å². The smallest absolute Gasteiger partial charge is 0.189 e. The lowest BCUT2D eigenvalue weighted by Gasteiger charge is -1.49. The molecule has 0 atom stereocenters. The Labute approximate surface area is 35.5 Å². The van der Waals surface area contributed by atoms with Gasteiger partial charge in [-0.15, -0.1) is 0 Å². The lowest BCUT2D eigenvalue weighted by Crippen LogP contribution is -1.53. The third-order valence-electron chi connectivity index (χ3n) is 0.262. The van der Waals surface area contributed by atoms with Crippen LogP contribution in [0.4, 0.5) is 0 Å². The van der Waals surface area contributed by atoms with Crippen molar-refractivity contribution in [2.75, 3.05) is 0 Å². The summed E-state index contributed by atoms with van der Waals surface area (Å²) < 4.78 is 27.3. The van der Waals surface area contributed by atoms with Crippen LogP contribution >= 0.6 is 0 Å². The summed E-state index contributed by atoms with van der Waals surface area (Å²) >= 11 is 0. The number of hydrogen-bond acceptors (Lipinski definition) is 1. The first kappa shape index (κ1) is 0.644. The molecule has 1 rings (SSSR count). The van der Waals surface area contributed by atoms with Crippen LogP contribution in [0.2, 0.25) is 1.41 Å². The highest BCUT2D eigenvalue weighted by molar-refractivity contribution is 4.72. The van der Waals surface area contributed by atoms with Gasteiger partial charge in [0.1, 0.15) is 0 Å². The molecule has 1 heterocycles. The van der Waals surface area contributed by atoms with Crippen molar-refractivity contribution in [3.63, 3.8) is 0 Å². The molecule has 5 heavy (non-hydrogen) atoms. The Morgan fingerprint density at radius 1 is 2.20 bits per heavy atom. The first-order chi connectivity index (χ1) is 4.13. The highest BCUT2D eigenvalue weighted by atomic mass is 15.1. The maximum atomic E-state index is 6.89. The molecular formula is C3H4N2. The average molecular weight is 72.1 g/mol. The first-order valence-electron chi connectivity index (χ1n) is 3.09. The van der Waals surface area contributed by atoms with Gasteiger partial charge in [0.25, 0.3) is 0 Å². The summed E-state index contributed by atoms with van der Waals surface area (Å²) in [5.74, 6) is 0. The Bertz CT molecular complexity index is 207. The minimum absolute atomic E-state index is 0.301. The van der Waals surface area contributed by atoms with Gasteiger partial charge in [-0.2, -0.15) is 5.10 Å². The fourth-order valence-corrected chi connectivity index (χ4v) is 0.125. The van der Waals surface area contributed by atoms with Gasteiger partial charge < -0.3 is 0 Å². The molecule has 26 valence electrons. The van der Waals surface area contributed by atoms with E-state index in [9.17, 15) is 0 Å². The van der Waals surface area contributed by atoms with Crippen LogP contribution in [0.25, 0.3) is 0 Å². The van der Waals surface area contributed by atoms with E-state index in [1.54, 1.807) is 0 Å². The summed E-state index contributed by atoms with van der Waals surface area (Å²) in [5, 5.41) is 3.63. The summed E-state index contributed by atoms with van der Waals surface area (Å²) in [6, 6.07) is -0.301. The predicted molar refractivity (Wildman–Crippen MR) is 18.6 cm³/mol. The van der Waals surface area contributed by atoms with Crippen LogP contribution in [-0.4, -0.2) is 10.2 Å². The number of hydrogen-bond donors (Lipinski definition) is 1. The van der Waals surface area contributed by atoms with Crippen LogP contribution in [0.15, 0.2) is 18.4 Å². The molecule has 0 unspecified atom stereocenters. The lowest BCUT2D eigenvalue weighted by atomic mass is 10.8. The van der Waals surface area contributed by atoms with Gasteiger partial charge in [0, 0.05) is 12.3 Å². The van der Waals surface area contributed by atoms with E-state index in [4.69, 9.17) is 5.52 Å². The molecule has 0 aliphatic heterocycles. The number of aromatic nitrogens is 2. The molecule has 0 aliphatic carbocycles. The molecule has 2 heteroatoms. The molecule has 0 spiro atoms. The molecule has 1 aromatic rings. The monoisotopic (exact) mass is 72.1 g/mol. The van der Waals surface area contributed by atoms with E-state index in [0.717, 1.165) is 0 Å². The van der Waals surface area contributed by atoms with Crippen molar-refractivity contribution in [3.05, 3.63) is 18.4 Å². The third-order valence-corrected chi connectivity index (χ3v) is 0.262. The van der Waals surface area contributed by atoms with Crippen molar-refractivity contribution >= 4 is 0 Å². The lowest BCUT2D eigenvalue weighted by molar-refractivity contribution is 1.09. The second-order valence-corrected chi connectivity index (χ2v) is 0.549. The predicted octanol–water partition coefficient (Wildman–Crippen LogP) is 0.410. The second kappa shape index (κ2) is 0.885. The maximum absolute atomic E-state index is 6.89. The molecule has 0 aliphatic rings. The average Bonchev–Trinajstić information content (AvgIpc) is 1.98. The van der Waals surface area contributed by atoms with Crippen LogP contribution in [0, 0.1) is 0 Å². The van der Waals surface area contributed by atoms with Crippen LogP contribution in [0.1, 0.15) is 4.11 Å². The standard InChI is InChI=1S/C3H4N2/c1-2-4-5-3-1/h1-3H,(H,4,5)/i1D,2D,3D/hD. The maximum Gasteiger partial charge on any atom is 0.189 e. The van der Waals surface area contributed by atoms with Gasteiger partial charge in [0.2, 0.25) is 0 Å². The van der Waals surface area contributed by atoms with Crippen molar-refractivity contribution in [1.82, 2.24) is 10.2 Å². The number of rotatable bonds is 0. The summed E-state index contributed by atoms with van der Waals surface area (Å²) in [4.78, 5) is 0. The van der Waals surface area contributed by atoms with E-state index in [1.807, 2.05) is 0 Å². The molecule has 0 amide bonds. The number of H-pyrrole nitrogens is 1. The van der Waals surface area contributed by atoms with Gasteiger partial charge in [0.15, 0.2) is 1.41 Å². The molecule has 0 radical (unpaired) electrons. The third kappa shape index (κ3) is 0.265. The molecule has 0 fully saturated rings. The fraction of sp³-hybridized carbons (Fsp3) is 0. The van der Waals surface area contributed by atoms with Crippen molar-refractivity contribution in [3.8, 4) is 0 Å². The summed E-state index contributed by atoms with van der Waals surface area (Å²) in [7, 11) is 0. The fourth-order valence-electron chi connectivity index (χ4n) is 0.125. The van der Waals surface area contributed by atoms with Gasteiger partial charge in [0.05, 0.1) is 4.11 Å². The molecule has 0 bridgehead atoms. The van der Waals surface area contributed by atoms with E-state index in [-0.39, 0.29) is 18.4 Å². The van der Waals surface area contributed by atoms with E-state index < -0.39 is 0 Å². The minimum Gasteiger partial charge on any atom is -0.286 e.